The quantitative estimate of drug-likeness (QED) is 0.810. The van der Waals surface area contributed by atoms with Crippen LogP contribution in [0, 0.1) is 5.82 Å². The van der Waals surface area contributed by atoms with Crippen molar-refractivity contribution < 1.29 is 22.4 Å². The van der Waals surface area contributed by atoms with Gasteiger partial charge in [-0.15, -0.1) is 0 Å². The van der Waals surface area contributed by atoms with E-state index < -0.39 is 37.0 Å². The Bertz CT molecular complexity index is 417. The van der Waals surface area contributed by atoms with Crippen molar-refractivity contribution in [2.24, 2.45) is 0 Å². The Morgan fingerprint density at radius 3 is 2.37 bits per heavy atom. The van der Waals surface area contributed by atoms with Crippen molar-refractivity contribution in [3.63, 3.8) is 0 Å². The lowest BCUT2D eigenvalue weighted by Crippen LogP contribution is -2.39. The summed E-state index contributed by atoms with van der Waals surface area (Å²) in [4.78, 5) is 11.4. The van der Waals surface area contributed by atoms with Crippen molar-refractivity contribution in [2.75, 3.05) is 13.1 Å². The van der Waals surface area contributed by atoms with E-state index in [0.717, 1.165) is 0 Å². The van der Waals surface area contributed by atoms with Gasteiger partial charge in [0.25, 0.3) is 0 Å². The van der Waals surface area contributed by atoms with Crippen molar-refractivity contribution in [3.05, 3.63) is 35.6 Å². The fourth-order valence-electron chi connectivity index (χ4n) is 1.45. The summed E-state index contributed by atoms with van der Waals surface area (Å²) >= 11 is 0. The van der Waals surface area contributed by atoms with Crippen LogP contribution in [0.4, 0.5) is 17.6 Å². The number of carbonyl (C=O) groups is 1. The summed E-state index contributed by atoms with van der Waals surface area (Å²) in [7, 11) is 0. The topological polar surface area (TPSA) is 41.1 Å². The molecule has 2 N–H and O–H groups in total. The third-order valence-corrected chi connectivity index (χ3v) is 2.36. The molecule has 0 aliphatic heterocycles. The van der Waals surface area contributed by atoms with Gasteiger partial charge in [0.2, 0.25) is 5.91 Å². The van der Waals surface area contributed by atoms with E-state index in [2.05, 4.69) is 5.32 Å². The minimum absolute atomic E-state index is 0.394. The summed E-state index contributed by atoms with van der Waals surface area (Å²) < 4.78 is 48.2. The molecule has 1 atom stereocenters. The zero-order chi connectivity index (χ0) is 14.5. The Kier molecular flexibility index (Phi) is 5.29. The average Bonchev–Trinajstić information content (AvgIpc) is 2.27. The standard InChI is InChI=1S/C12H14F4N2O/c1-8(9-2-4-10(13)5-3-9)18-11(19)6-17-7-12(14,15)16/h2-5,8,17H,6-7H2,1H3,(H,18,19)/t8-/m1/s1. The second-order valence-electron chi connectivity index (χ2n) is 4.06. The van der Waals surface area contributed by atoms with E-state index in [4.69, 9.17) is 0 Å². The molecule has 0 spiro atoms. The second-order valence-corrected chi connectivity index (χ2v) is 4.06. The zero-order valence-corrected chi connectivity index (χ0v) is 10.2. The number of benzene rings is 1. The molecule has 1 aromatic rings. The Morgan fingerprint density at radius 1 is 1.26 bits per heavy atom. The molecular weight excluding hydrogens is 264 g/mol. The predicted molar refractivity (Wildman–Crippen MR) is 61.9 cm³/mol. The Balaban J connectivity index is 2.38. The number of nitrogens with one attached hydrogen (secondary N) is 2. The highest BCUT2D eigenvalue weighted by molar-refractivity contribution is 5.78. The van der Waals surface area contributed by atoms with Crippen LogP contribution in [-0.4, -0.2) is 25.2 Å². The number of rotatable bonds is 5. The molecule has 0 bridgehead atoms. The first-order valence-electron chi connectivity index (χ1n) is 5.60. The third kappa shape index (κ3) is 6.19. The van der Waals surface area contributed by atoms with Crippen LogP contribution in [0.2, 0.25) is 0 Å². The van der Waals surface area contributed by atoms with Crippen LogP contribution in [0.1, 0.15) is 18.5 Å². The highest BCUT2D eigenvalue weighted by Gasteiger charge is 2.26. The molecule has 0 aliphatic rings. The molecule has 19 heavy (non-hydrogen) atoms. The van der Waals surface area contributed by atoms with Gasteiger partial charge in [0.15, 0.2) is 0 Å². The summed E-state index contributed by atoms with van der Waals surface area (Å²) in [6, 6.07) is 5.10. The average molecular weight is 278 g/mol. The summed E-state index contributed by atoms with van der Waals surface area (Å²) in [5, 5.41) is 4.50. The van der Waals surface area contributed by atoms with E-state index in [9.17, 15) is 22.4 Å². The molecule has 3 nitrogen and oxygen atoms in total. The molecular formula is C12H14F4N2O. The van der Waals surface area contributed by atoms with E-state index in [1.165, 1.54) is 24.3 Å². The molecule has 0 aromatic heterocycles. The molecule has 7 heteroatoms. The number of hydrogen-bond acceptors (Lipinski definition) is 2. The van der Waals surface area contributed by atoms with Gasteiger partial charge in [-0.2, -0.15) is 13.2 Å². The molecule has 0 aliphatic carbocycles. The SMILES string of the molecule is C[C@@H](NC(=O)CNCC(F)(F)F)c1ccc(F)cc1. The Labute approximate surface area is 108 Å². The molecule has 1 amide bonds. The van der Waals surface area contributed by atoms with E-state index >= 15 is 0 Å². The number of halogens is 4. The highest BCUT2D eigenvalue weighted by Crippen LogP contribution is 2.13. The molecule has 1 aromatic carbocycles. The zero-order valence-electron chi connectivity index (χ0n) is 10.2. The first-order valence-corrected chi connectivity index (χ1v) is 5.60. The third-order valence-electron chi connectivity index (χ3n) is 2.36. The van der Waals surface area contributed by atoms with Crippen molar-refractivity contribution >= 4 is 5.91 Å². The summed E-state index contributed by atoms with van der Waals surface area (Å²) in [5.74, 6) is -0.949. The predicted octanol–water partition coefficient (Wildman–Crippen LogP) is 2.15. The fourth-order valence-corrected chi connectivity index (χ4v) is 1.45. The lowest BCUT2D eigenvalue weighted by atomic mass is 10.1. The Hall–Kier alpha value is -1.63. The van der Waals surface area contributed by atoms with Gasteiger partial charge in [-0.3, -0.25) is 4.79 Å². The first kappa shape index (κ1) is 15.4. The summed E-state index contributed by atoms with van der Waals surface area (Å²) in [5.41, 5.74) is 0.672. The molecule has 0 saturated carbocycles. The largest absolute Gasteiger partial charge is 0.401 e. The van der Waals surface area contributed by atoms with Gasteiger partial charge in [0.05, 0.1) is 19.1 Å². The van der Waals surface area contributed by atoms with Gasteiger partial charge in [-0.05, 0) is 24.6 Å². The molecule has 106 valence electrons. The van der Waals surface area contributed by atoms with Crippen LogP contribution in [0.5, 0.6) is 0 Å². The van der Waals surface area contributed by atoms with Crippen LogP contribution < -0.4 is 10.6 Å². The lowest BCUT2D eigenvalue weighted by molar-refractivity contribution is -0.128. The number of hydrogen-bond donors (Lipinski definition) is 2. The van der Waals surface area contributed by atoms with Crippen LogP contribution in [0.25, 0.3) is 0 Å². The van der Waals surface area contributed by atoms with E-state index in [-0.39, 0.29) is 0 Å². The van der Waals surface area contributed by atoms with Gasteiger partial charge >= 0.3 is 6.18 Å². The summed E-state index contributed by atoms with van der Waals surface area (Å²) in [6.07, 6.45) is -4.34. The van der Waals surface area contributed by atoms with Crippen LogP contribution >= 0.6 is 0 Å². The molecule has 0 heterocycles. The van der Waals surface area contributed by atoms with Crippen LogP contribution in [0.3, 0.4) is 0 Å². The van der Waals surface area contributed by atoms with E-state index in [0.29, 0.717) is 5.56 Å². The van der Waals surface area contributed by atoms with Crippen molar-refractivity contribution in [3.8, 4) is 0 Å². The minimum Gasteiger partial charge on any atom is -0.348 e. The van der Waals surface area contributed by atoms with Crippen LogP contribution in [0.15, 0.2) is 24.3 Å². The van der Waals surface area contributed by atoms with Crippen molar-refractivity contribution in [1.82, 2.24) is 10.6 Å². The van der Waals surface area contributed by atoms with E-state index in [1.54, 1.807) is 6.92 Å². The van der Waals surface area contributed by atoms with Gasteiger partial charge < -0.3 is 10.6 Å². The molecule has 0 saturated heterocycles. The first-order chi connectivity index (χ1) is 8.78. The molecule has 0 fully saturated rings. The second kappa shape index (κ2) is 6.51. The highest BCUT2D eigenvalue weighted by atomic mass is 19.4. The van der Waals surface area contributed by atoms with Gasteiger partial charge in [-0.25, -0.2) is 4.39 Å². The Morgan fingerprint density at radius 2 is 1.84 bits per heavy atom. The monoisotopic (exact) mass is 278 g/mol. The van der Waals surface area contributed by atoms with Crippen molar-refractivity contribution in [2.45, 2.75) is 19.1 Å². The smallest absolute Gasteiger partial charge is 0.348 e. The molecule has 1 rings (SSSR count). The van der Waals surface area contributed by atoms with Gasteiger partial charge in [-0.1, -0.05) is 12.1 Å². The van der Waals surface area contributed by atoms with Crippen molar-refractivity contribution in [1.29, 1.82) is 0 Å². The maximum atomic E-state index is 12.7. The molecule has 0 unspecified atom stereocenters. The summed E-state index contributed by atoms with van der Waals surface area (Å²) in [6.45, 7) is 0.0191. The number of alkyl halides is 3. The fraction of sp³-hybridized carbons (Fsp3) is 0.417. The maximum Gasteiger partial charge on any atom is 0.401 e. The van der Waals surface area contributed by atoms with Gasteiger partial charge in [0.1, 0.15) is 5.82 Å². The lowest BCUT2D eigenvalue weighted by Gasteiger charge is -2.15. The molecule has 0 radical (unpaired) electrons. The maximum absolute atomic E-state index is 12.7. The van der Waals surface area contributed by atoms with Crippen LogP contribution in [-0.2, 0) is 4.79 Å². The normalized spacial score (nSPS) is 13.1. The number of amides is 1. The van der Waals surface area contributed by atoms with Gasteiger partial charge in [0, 0.05) is 0 Å². The van der Waals surface area contributed by atoms with E-state index in [1.807, 2.05) is 5.32 Å². The minimum atomic E-state index is -4.34. The number of carbonyl (C=O) groups excluding carboxylic acids is 1.